The summed E-state index contributed by atoms with van der Waals surface area (Å²) in [6, 6.07) is 11.8. The molecule has 0 spiro atoms. The van der Waals surface area contributed by atoms with Crippen LogP contribution in [0.4, 0.5) is 0 Å². The van der Waals surface area contributed by atoms with Crippen molar-refractivity contribution >= 4 is 0 Å². The van der Waals surface area contributed by atoms with Crippen molar-refractivity contribution in [2.45, 2.75) is 0 Å². The van der Waals surface area contributed by atoms with E-state index in [1.54, 1.807) is 9.13 Å². The van der Waals surface area contributed by atoms with Crippen molar-refractivity contribution in [3.05, 3.63) is 48.0 Å². The summed E-state index contributed by atoms with van der Waals surface area (Å²) in [5, 5.41) is 18.0. The van der Waals surface area contributed by atoms with Gasteiger partial charge in [-0.05, 0) is 11.1 Å². The van der Waals surface area contributed by atoms with E-state index >= 15 is 0 Å². The number of pyridine rings is 2. The van der Waals surface area contributed by atoms with E-state index in [0.717, 1.165) is 11.1 Å². The molecule has 0 aliphatic carbocycles. The van der Waals surface area contributed by atoms with Crippen molar-refractivity contribution in [1.82, 2.24) is 0 Å². The van der Waals surface area contributed by atoms with E-state index < -0.39 is 0 Å². The Morgan fingerprint density at radius 1 is 0.833 bits per heavy atom. The van der Waals surface area contributed by atoms with Crippen LogP contribution in [0.2, 0.25) is 0 Å². The minimum absolute atomic E-state index is 0.583. The number of hydrogen-bond acceptors (Lipinski definition) is 2. The zero-order valence-electron chi connectivity index (χ0n) is 10.3. The number of nitrogens with zero attached hydrogens (tertiary/aromatic N) is 4. The van der Waals surface area contributed by atoms with Crippen molar-refractivity contribution in [3.8, 4) is 23.3 Å². The van der Waals surface area contributed by atoms with Gasteiger partial charge in [0.1, 0.15) is 14.1 Å². The second-order valence-corrected chi connectivity index (χ2v) is 4.05. The van der Waals surface area contributed by atoms with Crippen LogP contribution >= 0.6 is 0 Å². The fourth-order valence-electron chi connectivity index (χ4n) is 1.72. The summed E-state index contributed by atoms with van der Waals surface area (Å²) >= 11 is 0. The standard InChI is InChI=1S/C14H12N4/c1-17-5-3-11(7-13(17)9-15)12-4-6-18(2)14(8-12)10-16/h3-8H,1-2H3/q+2. The van der Waals surface area contributed by atoms with Crippen molar-refractivity contribution in [1.29, 1.82) is 10.5 Å². The average molecular weight is 236 g/mol. The highest BCUT2D eigenvalue weighted by molar-refractivity contribution is 5.63. The molecule has 4 nitrogen and oxygen atoms in total. The molecule has 0 bridgehead atoms. The summed E-state index contributed by atoms with van der Waals surface area (Å²) in [5.41, 5.74) is 3.03. The van der Waals surface area contributed by atoms with Crippen LogP contribution in [-0.4, -0.2) is 0 Å². The molecule has 2 heterocycles. The maximum atomic E-state index is 9.01. The van der Waals surface area contributed by atoms with E-state index in [0.29, 0.717) is 11.4 Å². The first-order valence-corrected chi connectivity index (χ1v) is 5.45. The van der Waals surface area contributed by atoms with Crippen molar-refractivity contribution in [3.63, 3.8) is 0 Å². The maximum absolute atomic E-state index is 9.01. The van der Waals surface area contributed by atoms with E-state index in [2.05, 4.69) is 12.1 Å². The molecule has 0 amide bonds. The summed E-state index contributed by atoms with van der Waals surface area (Å²) in [4.78, 5) is 0. The molecule has 86 valence electrons. The average Bonchev–Trinajstić information content (AvgIpc) is 2.40. The molecule has 0 saturated heterocycles. The van der Waals surface area contributed by atoms with Crippen LogP contribution in [0.3, 0.4) is 0 Å². The third-order valence-corrected chi connectivity index (χ3v) is 2.86. The summed E-state index contributed by atoms with van der Waals surface area (Å²) in [7, 11) is 3.65. The quantitative estimate of drug-likeness (QED) is 0.686. The van der Waals surface area contributed by atoms with Gasteiger partial charge < -0.3 is 0 Å². The van der Waals surface area contributed by atoms with Gasteiger partial charge >= 0.3 is 0 Å². The van der Waals surface area contributed by atoms with Gasteiger partial charge in [0.25, 0.3) is 11.4 Å². The van der Waals surface area contributed by atoms with Crippen molar-refractivity contribution in [2.24, 2.45) is 14.1 Å². The van der Waals surface area contributed by atoms with Crippen molar-refractivity contribution in [2.75, 3.05) is 0 Å². The second-order valence-electron chi connectivity index (χ2n) is 4.05. The molecule has 0 aliphatic heterocycles. The molecule has 2 aromatic rings. The van der Waals surface area contributed by atoms with Gasteiger partial charge in [0.2, 0.25) is 0 Å². The molecule has 2 rings (SSSR count). The lowest BCUT2D eigenvalue weighted by Gasteiger charge is -2.00. The molecule has 0 unspecified atom stereocenters. The Labute approximate surface area is 106 Å². The highest BCUT2D eigenvalue weighted by Crippen LogP contribution is 2.18. The second kappa shape index (κ2) is 4.65. The Balaban J connectivity index is 2.57. The molecule has 18 heavy (non-hydrogen) atoms. The number of rotatable bonds is 1. The minimum atomic E-state index is 0.583. The lowest BCUT2D eigenvalue weighted by Crippen LogP contribution is -2.32. The summed E-state index contributed by atoms with van der Waals surface area (Å²) in [6.45, 7) is 0. The third-order valence-electron chi connectivity index (χ3n) is 2.86. The summed E-state index contributed by atoms with van der Waals surface area (Å²) in [6.07, 6.45) is 3.68. The van der Waals surface area contributed by atoms with Crippen LogP contribution in [0, 0.1) is 22.7 Å². The lowest BCUT2D eigenvalue weighted by atomic mass is 10.1. The van der Waals surface area contributed by atoms with E-state index in [4.69, 9.17) is 10.5 Å². The first-order chi connectivity index (χ1) is 8.65. The molecule has 0 aliphatic rings. The predicted molar refractivity (Wildman–Crippen MR) is 63.7 cm³/mol. The molecule has 0 aromatic carbocycles. The first-order valence-electron chi connectivity index (χ1n) is 5.45. The largest absolute Gasteiger partial charge is 0.283 e. The fourth-order valence-corrected chi connectivity index (χ4v) is 1.72. The molecular weight excluding hydrogens is 224 g/mol. The normalized spacial score (nSPS) is 9.56. The zero-order valence-corrected chi connectivity index (χ0v) is 10.3. The Morgan fingerprint density at radius 3 is 1.56 bits per heavy atom. The van der Waals surface area contributed by atoms with Gasteiger partial charge in [-0.2, -0.15) is 19.7 Å². The molecule has 2 aromatic heterocycles. The van der Waals surface area contributed by atoms with Gasteiger partial charge in [-0.15, -0.1) is 0 Å². The van der Waals surface area contributed by atoms with E-state index in [-0.39, 0.29) is 0 Å². The Morgan fingerprint density at radius 2 is 1.22 bits per heavy atom. The van der Waals surface area contributed by atoms with Gasteiger partial charge in [0.15, 0.2) is 24.5 Å². The smallest absolute Gasteiger partial charge is 0.192 e. The van der Waals surface area contributed by atoms with Crippen LogP contribution < -0.4 is 9.13 Å². The Kier molecular flexibility index (Phi) is 3.03. The van der Waals surface area contributed by atoms with Gasteiger partial charge in [-0.1, -0.05) is 0 Å². The highest BCUT2D eigenvalue weighted by Gasteiger charge is 2.11. The number of aryl methyl sites for hydroxylation is 2. The van der Waals surface area contributed by atoms with Crippen LogP contribution in [0.5, 0.6) is 0 Å². The Hall–Kier alpha value is -2.72. The van der Waals surface area contributed by atoms with Gasteiger partial charge in [-0.3, -0.25) is 0 Å². The van der Waals surface area contributed by atoms with E-state index in [1.165, 1.54) is 0 Å². The Bertz CT molecular complexity index is 628. The van der Waals surface area contributed by atoms with E-state index in [9.17, 15) is 0 Å². The summed E-state index contributed by atoms with van der Waals surface area (Å²) in [5.74, 6) is 0. The first kappa shape index (κ1) is 11.8. The number of nitriles is 2. The third kappa shape index (κ3) is 2.05. The highest BCUT2D eigenvalue weighted by atomic mass is 14.9. The summed E-state index contributed by atoms with van der Waals surface area (Å²) < 4.78 is 3.52. The van der Waals surface area contributed by atoms with Gasteiger partial charge in [0.05, 0.1) is 0 Å². The number of aromatic nitrogens is 2. The monoisotopic (exact) mass is 236 g/mol. The zero-order chi connectivity index (χ0) is 13.1. The van der Waals surface area contributed by atoms with Crippen LogP contribution in [0.25, 0.3) is 11.1 Å². The molecule has 0 saturated carbocycles. The molecule has 0 N–H and O–H groups in total. The fraction of sp³-hybridized carbons (Fsp3) is 0.143. The van der Waals surface area contributed by atoms with Crippen LogP contribution in [0.15, 0.2) is 36.7 Å². The van der Waals surface area contributed by atoms with Gasteiger partial charge in [-0.25, -0.2) is 0 Å². The molecule has 0 atom stereocenters. The van der Waals surface area contributed by atoms with Gasteiger partial charge in [0, 0.05) is 24.3 Å². The van der Waals surface area contributed by atoms with Crippen molar-refractivity contribution < 1.29 is 9.13 Å². The topological polar surface area (TPSA) is 55.3 Å². The van der Waals surface area contributed by atoms with E-state index in [1.807, 2.05) is 50.8 Å². The SMILES string of the molecule is C[n+]1ccc(-c2cc[n+](C)c(C#N)c2)cc1C#N. The lowest BCUT2D eigenvalue weighted by molar-refractivity contribution is -0.674. The number of hydrogen-bond donors (Lipinski definition) is 0. The molecule has 0 fully saturated rings. The molecule has 0 radical (unpaired) electrons. The molecular formula is C14H12N4+2. The minimum Gasteiger partial charge on any atom is -0.192 e. The van der Waals surface area contributed by atoms with Crippen LogP contribution in [0.1, 0.15) is 11.4 Å². The van der Waals surface area contributed by atoms with Crippen LogP contribution in [-0.2, 0) is 14.1 Å². The predicted octanol–water partition coefficient (Wildman–Crippen LogP) is 0.746. The maximum Gasteiger partial charge on any atom is 0.283 e. The molecule has 4 heteroatoms.